The molecule has 1 unspecified atom stereocenters. The number of ether oxygens (including phenoxy) is 1. The van der Waals surface area contributed by atoms with Crippen LogP contribution in [0.2, 0.25) is 0 Å². The van der Waals surface area contributed by atoms with Crippen molar-refractivity contribution < 1.29 is 22.7 Å². The van der Waals surface area contributed by atoms with Crippen LogP contribution in [0.3, 0.4) is 0 Å². The zero-order chi connectivity index (χ0) is 16.1. The minimum atomic E-state index is -4.23. The average molecular weight is 368 g/mol. The Morgan fingerprint density at radius 3 is 2.43 bits per heavy atom. The highest BCUT2D eigenvalue weighted by Gasteiger charge is 2.36. The van der Waals surface area contributed by atoms with Crippen molar-refractivity contribution in [2.24, 2.45) is 0 Å². The third-order valence-electron chi connectivity index (χ3n) is 3.06. The highest BCUT2D eigenvalue weighted by molar-refractivity contribution is 9.10. The van der Waals surface area contributed by atoms with Crippen molar-refractivity contribution in [1.82, 2.24) is 0 Å². The first kappa shape index (κ1) is 17.8. The molecule has 7 heteroatoms. The summed E-state index contributed by atoms with van der Waals surface area (Å²) in [5.74, 6) is -0.597. The van der Waals surface area contributed by atoms with Gasteiger partial charge in [-0.3, -0.25) is 0 Å². The third kappa shape index (κ3) is 5.57. The molecule has 0 aliphatic rings. The number of carbonyl (C=O) groups is 1. The monoisotopic (exact) mass is 367 g/mol. The van der Waals surface area contributed by atoms with Crippen LogP contribution in [0.5, 0.6) is 0 Å². The molecule has 0 aromatic heterocycles. The Balaban J connectivity index is 2.84. The summed E-state index contributed by atoms with van der Waals surface area (Å²) >= 11 is 3.33. The van der Waals surface area contributed by atoms with E-state index in [0.29, 0.717) is 5.69 Å². The molecule has 0 saturated carbocycles. The van der Waals surface area contributed by atoms with Gasteiger partial charge in [0.05, 0.1) is 7.11 Å². The molecule has 0 aliphatic heterocycles. The van der Waals surface area contributed by atoms with Crippen LogP contribution in [0.25, 0.3) is 0 Å². The van der Waals surface area contributed by atoms with E-state index in [1.165, 1.54) is 14.0 Å². The highest BCUT2D eigenvalue weighted by atomic mass is 79.9. The second kappa shape index (κ2) is 7.15. The highest BCUT2D eigenvalue weighted by Crippen LogP contribution is 2.30. The van der Waals surface area contributed by atoms with Crippen molar-refractivity contribution >= 4 is 27.6 Å². The number of rotatable bonds is 6. The Morgan fingerprint density at radius 2 is 1.90 bits per heavy atom. The zero-order valence-electron chi connectivity index (χ0n) is 11.8. The summed E-state index contributed by atoms with van der Waals surface area (Å²) < 4.78 is 42.2. The van der Waals surface area contributed by atoms with Gasteiger partial charge in [0.1, 0.15) is 5.54 Å². The summed E-state index contributed by atoms with van der Waals surface area (Å²) in [6.07, 6.45) is -5.31. The number of esters is 1. The fourth-order valence-electron chi connectivity index (χ4n) is 1.94. The molecule has 118 valence electrons. The minimum Gasteiger partial charge on any atom is -0.467 e. The molecular weight excluding hydrogens is 351 g/mol. The van der Waals surface area contributed by atoms with Crippen molar-refractivity contribution in [3.05, 3.63) is 28.7 Å². The first-order chi connectivity index (χ1) is 9.68. The lowest BCUT2D eigenvalue weighted by molar-refractivity contribution is -0.148. The van der Waals surface area contributed by atoms with Crippen LogP contribution >= 0.6 is 15.9 Å². The molecule has 1 aromatic carbocycles. The Morgan fingerprint density at radius 1 is 1.29 bits per heavy atom. The lowest BCUT2D eigenvalue weighted by atomic mass is 9.94. The first-order valence-electron chi connectivity index (χ1n) is 6.36. The maximum atomic E-state index is 12.3. The summed E-state index contributed by atoms with van der Waals surface area (Å²) in [5, 5.41) is 2.97. The Labute approximate surface area is 130 Å². The number of hydrogen-bond acceptors (Lipinski definition) is 3. The van der Waals surface area contributed by atoms with Gasteiger partial charge >= 0.3 is 12.1 Å². The van der Waals surface area contributed by atoms with Crippen molar-refractivity contribution in [3.8, 4) is 0 Å². The van der Waals surface area contributed by atoms with E-state index in [2.05, 4.69) is 21.2 Å². The number of alkyl halides is 3. The van der Waals surface area contributed by atoms with E-state index >= 15 is 0 Å². The molecule has 0 aliphatic carbocycles. The summed E-state index contributed by atoms with van der Waals surface area (Å²) in [4.78, 5) is 11.9. The molecule has 0 saturated heterocycles. The summed E-state index contributed by atoms with van der Waals surface area (Å²) in [6, 6.07) is 7.07. The van der Waals surface area contributed by atoms with Crippen LogP contribution < -0.4 is 5.32 Å². The molecule has 0 fully saturated rings. The third-order valence-corrected chi connectivity index (χ3v) is 3.75. The lowest BCUT2D eigenvalue weighted by Crippen LogP contribution is -2.44. The Bertz CT molecular complexity index is 493. The van der Waals surface area contributed by atoms with Gasteiger partial charge in [0.15, 0.2) is 0 Å². The molecule has 1 rings (SSSR count). The van der Waals surface area contributed by atoms with E-state index in [-0.39, 0.29) is 12.8 Å². The van der Waals surface area contributed by atoms with E-state index in [1.54, 1.807) is 24.3 Å². The molecule has 0 radical (unpaired) electrons. The van der Waals surface area contributed by atoms with Gasteiger partial charge < -0.3 is 10.1 Å². The summed E-state index contributed by atoms with van der Waals surface area (Å²) in [6.45, 7) is 1.54. The molecule has 1 atom stereocenters. The largest absolute Gasteiger partial charge is 0.467 e. The van der Waals surface area contributed by atoms with Gasteiger partial charge in [-0.25, -0.2) is 4.79 Å². The Kier molecular flexibility index (Phi) is 6.07. The average Bonchev–Trinajstić information content (AvgIpc) is 2.39. The van der Waals surface area contributed by atoms with Crippen LogP contribution in [0.1, 0.15) is 26.2 Å². The molecule has 1 aromatic rings. The predicted molar refractivity (Wildman–Crippen MR) is 78.1 cm³/mol. The number of benzene rings is 1. The van der Waals surface area contributed by atoms with Crippen LogP contribution in [-0.2, 0) is 9.53 Å². The van der Waals surface area contributed by atoms with Gasteiger partial charge in [-0.2, -0.15) is 13.2 Å². The molecule has 0 amide bonds. The number of hydrogen-bond donors (Lipinski definition) is 1. The van der Waals surface area contributed by atoms with Crippen molar-refractivity contribution in [3.63, 3.8) is 0 Å². The quantitative estimate of drug-likeness (QED) is 0.750. The molecule has 0 spiro atoms. The minimum absolute atomic E-state index is 0.0144. The van der Waals surface area contributed by atoms with Gasteiger partial charge in [-0.1, -0.05) is 12.1 Å². The van der Waals surface area contributed by atoms with E-state index < -0.39 is 24.1 Å². The van der Waals surface area contributed by atoms with Crippen molar-refractivity contribution in [1.29, 1.82) is 0 Å². The second-order valence-corrected chi connectivity index (χ2v) is 5.75. The number of carbonyl (C=O) groups excluding carboxylic acids is 1. The zero-order valence-corrected chi connectivity index (χ0v) is 13.3. The van der Waals surface area contributed by atoms with Gasteiger partial charge in [0, 0.05) is 16.6 Å². The number of methoxy groups -OCH3 is 1. The van der Waals surface area contributed by atoms with Crippen molar-refractivity contribution in [2.75, 3.05) is 12.4 Å². The van der Waals surface area contributed by atoms with E-state index in [9.17, 15) is 18.0 Å². The number of para-hydroxylation sites is 1. The van der Waals surface area contributed by atoms with Gasteiger partial charge in [0.2, 0.25) is 0 Å². The van der Waals surface area contributed by atoms with E-state index in [4.69, 9.17) is 4.74 Å². The van der Waals surface area contributed by atoms with Gasteiger partial charge in [-0.15, -0.1) is 0 Å². The molecule has 0 heterocycles. The molecule has 0 bridgehead atoms. The lowest BCUT2D eigenvalue weighted by Gasteiger charge is -2.29. The van der Waals surface area contributed by atoms with Gasteiger partial charge in [-0.05, 0) is 47.8 Å². The van der Waals surface area contributed by atoms with Crippen molar-refractivity contribution in [2.45, 2.75) is 37.9 Å². The van der Waals surface area contributed by atoms with E-state index in [1.807, 2.05) is 0 Å². The smallest absolute Gasteiger partial charge is 0.389 e. The number of halogens is 4. The number of anilines is 1. The molecule has 1 N–H and O–H groups in total. The molecule has 3 nitrogen and oxygen atoms in total. The Hall–Kier alpha value is -1.24. The first-order valence-corrected chi connectivity index (χ1v) is 7.15. The van der Waals surface area contributed by atoms with Crippen LogP contribution in [0.15, 0.2) is 28.7 Å². The van der Waals surface area contributed by atoms with Crippen LogP contribution in [0.4, 0.5) is 18.9 Å². The summed E-state index contributed by atoms with van der Waals surface area (Å²) in [5.41, 5.74) is -0.596. The summed E-state index contributed by atoms with van der Waals surface area (Å²) in [7, 11) is 1.21. The predicted octanol–water partition coefficient (Wildman–Crippen LogP) is 4.53. The maximum Gasteiger partial charge on any atom is 0.389 e. The standard InChI is InChI=1S/C14H17BrF3NO2/c1-13(12(20)21-2,8-5-9-14(16,17)18)19-11-7-4-3-6-10(11)15/h3-4,6-7,19H,5,8-9H2,1-2H3. The number of nitrogens with one attached hydrogen (secondary N) is 1. The second-order valence-electron chi connectivity index (χ2n) is 4.90. The normalized spacial score (nSPS) is 14.4. The van der Waals surface area contributed by atoms with Crippen LogP contribution in [-0.4, -0.2) is 24.8 Å². The van der Waals surface area contributed by atoms with Gasteiger partial charge in [0.25, 0.3) is 0 Å². The topological polar surface area (TPSA) is 38.3 Å². The fourth-order valence-corrected chi connectivity index (χ4v) is 2.33. The fraction of sp³-hybridized carbons (Fsp3) is 0.500. The SMILES string of the molecule is COC(=O)C(C)(CCCC(F)(F)F)Nc1ccccc1Br. The molecule has 21 heavy (non-hydrogen) atoms. The van der Waals surface area contributed by atoms with Crippen LogP contribution in [0, 0.1) is 0 Å². The van der Waals surface area contributed by atoms with E-state index in [0.717, 1.165) is 4.47 Å². The molecular formula is C14H17BrF3NO2. The maximum absolute atomic E-state index is 12.3.